The summed E-state index contributed by atoms with van der Waals surface area (Å²) in [6, 6.07) is 10.3. The predicted octanol–water partition coefficient (Wildman–Crippen LogP) is 1.75. The third-order valence-corrected chi connectivity index (χ3v) is 1.27. The number of hydrogen-bond acceptors (Lipinski definition) is 2. The first kappa shape index (κ1) is 15.6. The molecule has 0 aromatic heterocycles. The molecule has 2 N–H and O–H groups in total. The van der Waals surface area contributed by atoms with Gasteiger partial charge in [-0.05, 0) is 12.1 Å². The molecule has 0 aliphatic carbocycles. The number of nitrogens with zero attached hydrogens (tertiary/aromatic N) is 1. The van der Waals surface area contributed by atoms with E-state index in [2.05, 4.69) is 17.0 Å². The fraction of sp³-hybridized carbons (Fsp3) is 0.333. The van der Waals surface area contributed by atoms with E-state index in [4.69, 9.17) is 14.4 Å². The van der Waals surface area contributed by atoms with Gasteiger partial charge in [-0.2, -0.15) is 0 Å². The number of hydrogen-bond donors (Lipinski definition) is 2. The average molecular weight is 219 g/mol. The molecule has 4 nitrogen and oxygen atoms in total. The lowest BCUT2D eigenvalue weighted by atomic mass is 10.3. The molecule has 0 aliphatic rings. The quantitative estimate of drug-likeness (QED) is 0.706. The Morgan fingerprint density at radius 2 is 1.50 bits per heavy atom. The summed E-state index contributed by atoms with van der Waals surface area (Å²) >= 11 is 0. The Morgan fingerprint density at radius 3 is 1.71 bits per heavy atom. The Labute approximate surface area is 85.8 Å². The molecule has 5 heteroatoms. The van der Waals surface area contributed by atoms with Crippen LogP contribution < -0.4 is 4.90 Å². The van der Waals surface area contributed by atoms with E-state index in [1.807, 2.05) is 32.3 Å². The second kappa shape index (κ2) is 8.75. The Kier molecular flexibility index (Phi) is 9.78. The Hall–Kier alpha value is -0.830. The van der Waals surface area contributed by atoms with Crippen molar-refractivity contribution in [2.75, 3.05) is 19.0 Å². The molecule has 0 heterocycles. The van der Waals surface area contributed by atoms with Gasteiger partial charge in [0.05, 0.1) is 0 Å². The minimum absolute atomic E-state index is 0. The van der Waals surface area contributed by atoms with E-state index in [1.165, 1.54) is 5.69 Å². The summed E-state index contributed by atoms with van der Waals surface area (Å²) in [5.74, 6) is 0. The summed E-state index contributed by atoms with van der Waals surface area (Å²) in [4.78, 5) is 16.4. The third-order valence-electron chi connectivity index (χ3n) is 1.27. The molecule has 14 heavy (non-hydrogen) atoms. The van der Waals surface area contributed by atoms with Crippen LogP contribution in [-0.4, -0.2) is 23.9 Å². The summed E-state index contributed by atoms with van der Waals surface area (Å²) in [5.41, 5.74) is 1.25. The van der Waals surface area contributed by atoms with Crippen LogP contribution in [0.4, 0.5) is 5.69 Å². The first-order valence-corrected chi connectivity index (χ1v) is 4.98. The lowest BCUT2D eigenvalue weighted by Crippen LogP contribution is -2.07. The van der Waals surface area contributed by atoms with E-state index in [0.29, 0.717) is 0 Å². The third kappa shape index (κ3) is 9.26. The van der Waals surface area contributed by atoms with Crippen LogP contribution in [0.5, 0.6) is 0 Å². The molecule has 0 radical (unpaired) electrons. The van der Waals surface area contributed by atoms with E-state index in [1.54, 1.807) is 0 Å². The van der Waals surface area contributed by atoms with E-state index in [-0.39, 0.29) is 7.43 Å². The fourth-order valence-corrected chi connectivity index (χ4v) is 0.726. The second-order valence-electron chi connectivity index (χ2n) is 2.51. The Morgan fingerprint density at radius 1 is 1.14 bits per heavy atom. The van der Waals surface area contributed by atoms with Gasteiger partial charge in [0.15, 0.2) is 0 Å². The van der Waals surface area contributed by atoms with Crippen LogP contribution in [0.2, 0.25) is 0 Å². The smallest absolute Gasteiger partial charge is 0.314 e. The van der Waals surface area contributed by atoms with Crippen molar-refractivity contribution in [3.8, 4) is 0 Å². The molecule has 1 rings (SSSR count). The zero-order chi connectivity index (χ0) is 10.3. The van der Waals surface area contributed by atoms with Crippen LogP contribution in [0.15, 0.2) is 30.3 Å². The van der Waals surface area contributed by atoms with E-state index >= 15 is 0 Å². The van der Waals surface area contributed by atoms with Gasteiger partial charge in [0.1, 0.15) is 0 Å². The summed E-state index contributed by atoms with van der Waals surface area (Å²) in [6.45, 7) is 0. The summed E-state index contributed by atoms with van der Waals surface area (Å²) in [6.07, 6.45) is 0. The Balaban J connectivity index is 0. The number of rotatable bonds is 1. The van der Waals surface area contributed by atoms with Crippen LogP contribution in [0.25, 0.3) is 0 Å². The predicted molar refractivity (Wildman–Crippen MR) is 60.9 cm³/mol. The maximum absolute atomic E-state index is 8.74. The zero-order valence-electron chi connectivity index (χ0n) is 7.64. The monoisotopic (exact) mass is 219 g/mol. The van der Waals surface area contributed by atoms with Gasteiger partial charge in [-0.3, -0.25) is 4.57 Å². The molecule has 82 valence electrons. The average Bonchev–Trinajstić information content (AvgIpc) is 2.05. The summed E-state index contributed by atoms with van der Waals surface area (Å²) in [5, 5.41) is 0. The van der Waals surface area contributed by atoms with Crippen molar-refractivity contribution in [1.82, 2.24) is 0 Å². The van der Waals surface area contributed by atoms with Crippen molar-refractivity contribution in [2.24, 2.45) is 0 Å². The normalized spacial score (nSPS) is 8.36. The molecule has 0 atom stereocenters. The summed E-state index contributed by atoms with van der Waals surface area (Å²) in [7, 11) is 0.944. The van der Waals surface area contributed by atoms with Crippen molar-refractivity contribution in [3.63, 3.8) is 0 Å². The maximum atomic E-state index is 8.74. The molecule has 0 bridgehead atoms. The lowest BCUT2D eigenvalue weighted by molar-refractivity contribution is 0.405. The van der Waals surface area contributed by atoms with Crippen LogP contribution in [0.3, 0.4) is 0 Å². The highest BCUT2D eigenvalue weighted by molar-refractivity contribution is 7.30. The molecule has 1 aromatic carbocycles. The van der Waals surface area contributed by atoms with Crippen LogP contribution >= 0.6 is 8.25 Å². The molecular formula is C9H18NO3P. The zero-order valence-corrected chi connectivity index (χ0v) is 8.64. The maximum Gasteiger partial charge on any atom is 0.314 e. The molecule has 1 aromatic rings. The highest BCUT2D eigenvalue weighted by Gasteiger charge is 1.87. The number of benzene rings is 1. The highest BCUT2D eigenvalue weighted by atomic mass is 31.1. The van der Waals surface area contributed by atoms with Gasteiger partial charge in [0.25, 0.3) is 0 Å². The van der Waals surface area contributed by atoms with Gasteiger partial charge < -0.3 is 14.7 Å². The van der Waals surface area contributed by atoms with E-state index < -0.39 is 8.25 Å². The van der Waals surface area contributed by atoms with Crippen molar-refractivity contribution in [3.05, 3.63) is 30.3 Å². The van der Waals surface area contributed by atoms with Gasteiger partial charge in [-0.15, -0.1) is 0 Å². The largest absolute Gasteiger partial charge is 0.378 e. The lowest BCUT2D eigenvalue weighted by Gasteiger charge is -2.10. The van der Waals surface area contributed by atoms with Gasteiger partial charge in [-0.25, -0.2) is 0 Å². The summed E-state index contributed by atoms with van der Waals surface area (Å²) < 4.78 is 8.74. The fourth-order valence-electron chi connectivity index (χ4n) is 0.726. The van der Waals surface area contributed by atoms with Gasteiger partial charge >= 0.3 is 8.25 Å². The number of para-hydroxylation sites is 1. The Bertz CT molecular complexity index is 247. The first-order chi connectivity index (χ1) is 6.04. The van der Waals surface area contributed by atoms with Crippen LogP contribution in [0.1, 0.15) is 7.43 Å². The minimum atomic E-state index is -3.13. The van der Waals surface area contributed by atoms with Crippen molar-refractivity contribution in [2.45, 2.75) is 7.43 Å². The molecule has 0 saturated carbocycles. The standard InChI is InChI=1S/C8H11N.CH4.H3O3P/c1-9(2)8-6-4-3-5-7-8;;1-4(2)3/h3-7H,1-2H3;1H4;4H,(H2,1,2,3). The van der Waals surface area contributed by atoms with Gasteiger partial charge in [0, 0.05) is 19.8 Å². The van der Waals surface area contributed by atoms with E-state index in [9.17, 15) is 0 Å². The topological polar surface area (TPSA) is 60.8 Å². The molecule has 0 amide bonds. The molecule has 0 spiro atoms. The van der Waals surface area contributed by atoms with Crippen molar-refractivity contribution < 1.29 is 14.4 Å². The van der Waals surface area contributed by atoms with Crippen LogP contribution in [0, 0.1) is 0 Å². The SMILES string of the molecule is C.CN(C)c1ccccc1.O=[PH](O)O. The van der Waals surface area contributed by atoms with Crippen molar-refractivity contribution in [1.29, 1.82) is 0 Å². The van der Waals surface area contributed by atoms with Crippen LogP contribution in [-0.2, 0) is 4.57 Å². The molecule has 0 aliphatic heterocycles. The highest BCUT2D eigenvalue weighted by Crippen LogP contribution is 2.07. The first-order valence-electron chi connectivity index (χ1n) is 3.68. The van der Waals surface area contributed by atoms with E-state index in [0.717, 1.165) is 0 Å². The molecular weight excluding hydrogens is 201 g/mol. The second-order valence-corrected chi connectivity index (χ2v) is 3.08. The van der Waals surface area contributed by atoms with Gasteiger partial charge in [-0.1, -0.05) is 25.6 Å². The molecule has 0 unspecified atom stereocenters. The van der Waals surface area contributed by atoms with Gasteiger partial charge in [0.2, 0.25) is 0 Å². The van der Waals surface area contributed by atoms with Crippen molar-refractivity contribution >= 4 is 13.9 Å². The molecule has 0 saturated heterocycles. The molecule has 0 fully saturated rings. The minimum Gasteiger partial charge on any atom is -0.378 e. The number of anilines is 1.